The lowest BCUT2D eigenvalue weighted by Crippen LogP contribution is -2.11. The van der Waals surface area contributed by atoms with Crippen molar-refractivity contribution in [2.45, 2.75) is 13.5 Å². The fraction of sp³-hybridized carbons (Fsp3) is 0.143. The predicted octanol–water partition coefficient (Wildman–Crippen LogP) is 4.31. The number of carbonyl (C=O) groups is 1. The summed E-state index contributed by atoms with van der Waals surface area (Å²) in [7, 11) is 1.82. The van der Waals surface area contributed by atoms with Gasteiger partial charge in [-0.2, -0.15) is 5.10 Å². The molecular formula is C21H19N3O3. The first-order chi connectivity index (χ1) is 13.1. The first kappa shape index (κ1) is 16.9. The maximum Gasteiger partial charge on any atom is 0.291 e. The van der Waals surface area contributed by atoms with Crippen LogP contribution in [0.15, 0.2) is 65.2 Å². The summed E-state index contributed by atoms with van der Waals surface area (Å²) in [6.45, 7) is 2.13. The summed E-state index contributed by atoms with van der Waals surface area (Å²) in [5.41, 5.74) is 1.53. The number of anilines is 1. The van der Waals surface area contributed by atoms with E-state index in [1.807, 2.05) is 50.4 Å². The number of fused-ring (bicyclic) bond motifs is 1. The van der Waals surface area contributed by atoms with Crippen LogP contribution in [0.3, 0.4) is 0 Å². The normalized spacial score (nSPS) is 10.9. The smallest absolute Gasteiger partial charge is 0.291 e. The molecule has 6 heteroatoms. The van der Waals surface area contributed by atoms with E-state index in [2.05, 4.69) is 16.5 Å². The second-order valence-electron chi connectivity index (χ2n) is 6.28. The minimum Gasteiger partial charge on any atom is -0.486 e. The number of furan rings is 1. The summed E-state index contributed by atoms with van der Waals surface area (Å²) in [5.74, 6) is 1.25. The van der Waals surface area contributed by atoms with Crippen molar-refractivity contribution >= 4 is 22.4 Å². The molecule has 0 atom stereocenters. The summed E-state index contributed by atoms with van der Waals surface area (Å²) in [4.78, 5) is 12.3. The number of nitrogens with zero attached hydrogens (tertiary/aromatic N) is 2. The van der Waals surface area contributed by atoms with Crippen LogP contribution in [0.25, 0.3) is 10.8 Å². The number of hydrogen-bond donors (Lipinski definition) is 1. The van der Waals surface area contributed by atoms with Gasteiger partial charge in [0.15, 0.2) is 5.76 Å². The Morgan fingerprint density at radius 1 is 1.15 bits per heavy atom. The molecule has 27 heavy (non-hydrogen) atoms. The second kappa shape index (κ2) is 6.99. The van der Waals surface area contributed by atoms with Crippen molar-refractivity contribution < 1.29 is 13.9 Å². The fourth-order valence-electron chi connectivity index (χ4n) is 2.79. The highest BCUT2D eigenvalue weighted by Gasteiger charge is 2.14. The Hall–Kier alpha value is -3.54. The summed E-state index contributed by atoms with van der Waals surface area (Å²) in [5, 5.41) is 9.17. The minimum absolute atomic E-state index is 0.232. The molecule has 0 aliphatic rings. The van der Waals surface area contributed by atoms with E-state index < -0.39 is 0 Å². The summed E-state index contributed by atoms with van der Waals surface area (Å²) in [6, 6.07) is 17.4. The average Bonchev–Trinajstić information content (AvgIpc) is 3.28. The van der Waals surface area contributed by atoms with Crippen LogP contribution in [0.4, 0.5) is 5.69 Å². The van der Waals surface area contributed by atoms with Crippen molar-refractivity contribution in [2.24, 2.45) is 7.05 Å². The van der Waals surface area contributed by atoms with Gasteiger partial charge in [0.2, 0.25) is 0 Å². The second-order valence-corrected chi connectivity index (χ2v) is 6.28. The number of carbonyl (C=O) groups excluding carboxylic acids is 1. The van der Waals surface area contributed by atoms with Crippen molar-refractivity contribution in [3.8, 4) is 5.75 Å². The third-order valence-corrected chi connectivity index (χ3v) is 4.47. The molecule has 0 spiro atoms. The Kier molecular flexibility index (Phi) is 4.38. The molecule has 0 saturated heterocycles. The maximum atomic E-state index is 12.3. The highest BCUT2D eigenvalue weighted by Crippen LogP contribution is 2.22. The van der Waals surface area contributed by atoms with Crippen molar-refractivity contribution in [1.82, 2.24) is 9.78 Å². The average molecular weight is 361 g/mol. The Morgan fingerprint density at radius 3 is 2.74 bits per heavy atom. The molecule has 1 amide bonds. The van der Waals surface area contributed by atoms with Crippen LogP contribution in [-0.2, 0) is 13.7 Å². The maximum absolute atomic E-state index is 12.3. The molecule has 0 aliphatic heterocycles. The van der Waals surface area contributed by atoms with Gasteiger partial charge in [-0.05, 0) is 42.0 Å². The first-order valence-electron chi connectivity index (χ1n) is 8.60. The van der Waals surface area contributed by atoms with Crippen LogP contribution in [0.5, 0.6) is 5.75 Å². The highest BCUT2D eigenvalue weighted by atomic mass is 16.5. The van der Waals surface area contributed by atoms with Gasteiger partial charge in [0, 0.05) is 7.05 Å². The van der Waals surface area contributed by atoms with E-state index in [1.165, 1.54) is 0 Å². The van der Waals surface area contributed by atoms with Crippen LogP contribution >= 0.6 is 0 Å². The lowest BCUT2D eigenvalue weighted by molar-refractivity contribution is 0.0992. The molecule has 0 unspecified atom stereocenters. The molecular weight excluding hydrogens is 342 g/mol. The number of nitrogens with one attached hydrogen (secondary N) is 1. The summed E-state index contributed by atoms with van der Waals surface area (Å²) < 4.78 is 13.1. The SMILES string of the molecule is Cc1c(NC(=O)c2ccc(COc3ccc4ccccc4c3)o2)cnn1C. The number of benzene rings is 2. The van der Waals surface area contributed by atoms with E-state index in [1.54, 1.807) is 23.0 Å². The summed E-state index contributed by atoms with van der Waals surface area (Å²) >= 11 is 0. The molecule has 4 aromatic rings. The van der Waals surface area contributed by atoms with E-state index in [4.69, 9.17) is 9.15 Å². The molecule has 4 rings (SSSR count). The molecule has 0 saturated carbocycles. The highest BCUT2D eigenvalue weighted by molar-refractivity contribution is 6.02. The molecule has 0 fully saturated rings. The van der Waals surface area contributed by atoms with Gasteiger partial charge in [-0.25, -0.2) is 0 Å². The van der Waals surface area contributed by atoms with Crippen LogP contribution < -0.4 is 10.1 Å². The Labute approximate surface area is 156 Å². The van der Waals surface area contributed by atoms with Crippen molar-refractivity contribution in [2.75, 3.05) is 5.32 Å². The number of aryl methyl sites for hydroxylation is 1. The van der Waals surface area contributed by atoms with Crippen LogP contribution in [-0.4, -0.2) is 15.7 Å². The van der Waals surface area contributed by atoms with Crippen LogP contribution in [0.1, 0.15) is 22.0 Å². The first-order valence-corrected chi connectivity index (χ1v) is 8.60. The molecule has 2 aromatic carbocycles. The van der Waals surface area contributed by atoms with Gasteiger partial charge >= 0.3 is 0 Å². The Bertz CT molecular complexity index is 1110. The molecule has 1 N–H and O–H groups in total. The summed E-state index contributed by atoms with van der Waals surface area (Å²) in [6.07, 6.45) is 1.61. The lowest BCUT2D eigenvalue weighted by atomic mass is 10.1. The molecule has 2 heterocycles. The molecule has 2 aromatic heterocycles. The molecule has 0 radical (unpaired) electrons. The number of aromatic nitrogens is 2. The van der Waals surface area contributed by atoms with E-state index >= 15 is 0 Å². The number of amides is 1. The van der Waals surface area contributed by atoms with Crippen LogP contribution in [0, 0.1) is 6.92 Å². The van der Waals surface area contributed by atoms with E-state index in [0.29, 0.717) is 11.4 Å². The van der Waals surface area contributed by atoms with E-state index in [0.717, 1.165) is 22.2 Å². The minimum atomic E-state index is -0.317. The van der Waals surface area contributed by atoms with Gasteiger partial charge < -0.3 is 14.5 Å². The van der Waals surface area contributed by atoms with Gasteiger partial charge in [0.25, 0.3) is 5.91 Å². The van der Waals surface area contributed by atoms with Gasteiger partial charge in [-0.3, -0.25) is 9.48 Å². The lowest BCUT2D eigenvalue weighted by Gasteiger charge is -2.06. The fourth-order valence-corrected chi connectivity index (χ4v) is 2.79. The molecule has 136 valence electrons. The van der Waals surface area contributed by atoms with E-state index in [-0.39, 0.29) is 18.3 Å². The third-order valence-electron chi connectivity index (χ3n) is 4.47. The monoisotopic (exact) mass is 361 g/mol. The Balaban J connectivity index is 1.41. The number of rotatable bonds is 5. The van der Waals surface area contributed by atoms with Gasteiger partial charge in [-0.15, -0.1) is 0 Å². The third kappa shape index (κ3) is 3.55. The quantitative estimate of drug-likeness (QED) is 0.575. The zero-order valence-electron chi connectivity index (χ0n) is 15.1. The van der Waals surface area contributed by atoms with Crippen molar-refractivity contribution in [1.29, 1.82) is 0 Å². The van der Waals surface area contributed by atoms with Gasteiger partial charge in [0.05, 0.1) is 17.6 Å². The number of hydrogen-bond acceptors (Lipinski definition) is 4. The van der Waals surface area contributed by atoms with Crippen molar-refractivity contribution in [3.05, 3.63) is 78.0 Å². The van der Waals surface area contributed by atoms with Gasteiger partial charge in [0.1, 0.15) is 18.1 Å². The molecule has 6 nitrogen and oxygen atoms in total. The van der Waals surface area contributed by atoms with Crippen LogP contribution in [0.2, 0.25) is 0 Å². The predicted molar refractivity (Wildman–Crippen MR) is 103 cm³/mol. The zero-order chi connectivity index (χ0) is 18.8. The standard InChI is InChI=1S/C21H19N3O3/c1-14-19(12-22-24(14)2)23-21(25)20-10-9-18(27-20)13-26-17-8-7-15-5-3-4-6-16(15)11-17/h3-12H,13H2,1-2H3,(H,23,25). The Morgan fingerprint density at radius 2 is 1.96 bits per heavy atom. The number of ether oxygens (including phenoxy) is 1. The molecule has 0 bridgehead atoms. The zero-order valence-corrected chi connectivity index (χ0v) is 15.1. The van der Waals surface area contributed by atoms with Crippen molar-refractivity contribution in [3.63, 3.8) is 0 Å². The molecule has 0 aliphatic carbocycles. The topological polar surface area (TPSA) is 69.3 Å². The van der Waals surface area contributed by atoms with E-state index in [9.17, 15) is 4.79 Å². The largest absolute Gasteiger partial charge is 0.486 e. The van der Waals surface area contributed by atoms with Gasteiger partial charge in [-0.1, -0.05) is 30.3 Å².